The highest BCUT2D eigenvalue weighted by atomic mass is 16.5. The van der Waals surface area contributed by atoms with Gasteiger partial charge in [-0.2, -0.15) is 4.98 Å². The lowest BCUT2D eigenvalue weighted by atomic mass is 10.1. The van der Waals surface area contributed by atoms with Gasteiger partial charge in [0.1, 0.15) is 5.82 Å². The highest BCUT2D eigenvalue weighted by molar-refractivity contribution is 5.92. The highest BCUT2D eigenvalue weighted by Gasteiger charge is 2.10. The van der Waals surface area contributed by atoms with Crippen LogP contribution in [0.1, 0.15) is 23.9 Å². The van der Waals surface area contributed by atoms with Crippen molar-refractivity contribution in [2.45, 2.75) is 27.2 Å². The largest absolute Gasteiger partial charge is 0.467 e. The molecule has 1 N–H and O–H groups in total. The molecule has 2 aromatic carbocycles. The third-order valence-corrected chi connectivity index (χ3v) is 4.06. The van der Waals surface area contributed by atoms with Crippen molar-refractivity contribution in [1.29, 1.82) is 0 Å². The van der Waals surface area contributed by atoms with E-state index in [9.17, 15) is 4.79 Å². The van der Waals surface area contributed by atoms with Crippen molar-refractivity contribution < 1.29 is 9.53 Å². The van der Waals surface area contributed by atoms with Gasteiger partial charge in [-0.1, -0.05) is 25.1 Å². The summed E-state index contributed by atoms with van der Waals surface area (Å²) in [5.41, 5.74) is 3.90. The summed E-state index contributed by atoms with van der Waals surface area (Å²) < 4.78 is 5.69. The van der Waals surface area contributed by atoms with E-state index >= 15 is 0 Å². The van der Waals surface area contributed by atoms with Gasteiger partial charge in [-0.05, 0) is 49.2 Å². The zero-order valence-electron chi connectivity index (χ0n) is 14.7. The molecule has 128 valence electrons. The molecular formula is C20H21N3O2. The van der Waals surface area contributed by atoms with E-state index in [4.69, 9.17) is 4.74 Å². The predicted molar refractivity (Wildman–Crippen MR) is 99.0 cm³/mol. The number of hydrogen-bond acceptors (Lipinski definition) is 4. The van der Waals surface area contributed by atoms with Gasteiger partial charge in [0.25, 0.3) is 5.91 Å². The smallest absolute Gasteiger partial charge is 0.262 e. The summed E-state index contributed by atoms with van der Waals surface area (Å²) in [7, 11) is 0. The summed E-state index contributed by atoms with van der Waals surface area (Å²) in [6, 6.07) is 13.4. The molecule has 0 saturated heterocycles. The number of nitrogens with one attached hydrogen (secondary N) is 1. The number of benzene rings is 2. The van der Waals surface area contributed by atoms with E-state index in [0.29, 0.717) is 18.1 Å². The Labute approximate surface area is 147 Å². The summed E-state index contributed by atoms with van der Waals surface area (Å²) in [6.45, 7) is 5.94. The molecule has 0 aliphatic heterocycles. The van der Waals surface area contributed by atoms with E-state index in [-0.39, 0.29) is 12.5 Å². The van der Waals surface area contributed by atoms with Crippen molar-refractivity contribution in [3.63, 3.8) is 0 Å². The lowest BCUT2D eigenvalue weighted by molar-refractivity contribution is -0.118. The Balaban J connectivity index is 1.73. The molecule has 5 heteroatoms. The Morgan fingerprint density at radius 2 is 1.88 bits per heavy atom. The van der Waals surface area contributed by atoms with Crippen LogP contribution in [0.3, 0.4) is 0 Å². The molecule has 3 rings (SSSR count). The molecule has 0 aliphatic carbocycles. The number of fused-ring (bicyclic) bond motifs is 1. The molecule has 0 spiro atoms. The second kappa shape index (κ2) is 7.30. The lowest BCUT2D eigenvalue weighted by Gasteiger charge is -2.11. The number of aryl methyl sites for hydroxylation is 3. The first-order valence-corrected chi connectivity index (χ1v) is 8.32. The summed E-state index contributed by atoms with van der Waals surface area (Å²) in [5.74, 6) is 0.921. The maximum absolute atomic E-state index is 12.2. The zero-order chi connectivity index (χ0) is 17.8. The van der Waals surface area contributed by atoms with Crippen molar-refractivity contribution >= 4 is 22.5 Å². The van der Waals surface area contributed by atoms with Crippen LogP contribution in [0.4, 0.5) is 5.69 Å². The Morgan fingerprint density at radius 3 is 2.64 bits per heavy atom. The molecule has 3 aromatic rings. The molecule has 0 radical (unpaired) electrons. The molecule has 0 aliphatic rings. The van der Waals surface area contributed by atoms with E-state index in [1.54, 1.807) is 0 Å². The van der Waals surface area contributed by atoms with Crippen molar-refractivity contribution in [3.05, 3.63) is 59.4 Å². The summed E-state index contributed by atoms with van der Waals surface area (Å²) in [6.07, 6.45) is 0.704. The SMILES string of the molecule is CCc1nc(OCC(=O)Nc2ccc(C)c(C)c2)c2ccccc2n1. The van der Waals surface area contributed by atoms with Gasteiger partial charge in [0, 0.05) is 12.1 Å². The number of amides is 1. The topological polar surface area (TPSA) is 64.1 Å². The minimum atomic E-state index is -0.219. The average Bonchev–Trinajstić information content (AvgIpc) is 2.62. The lowest BCUT2D eigenvalue weighted by Crippen LogP contribution is -2.21. The molecule has 5 nitrogen and oxygen atoms in total. The van der Waals surface area contributed by atoms with E-state index in [0.717, 1.165) is 22.2 Å². The van der Waals surface area contributed by atoms with Crippen LogP contribution in [0.2, 0.25) is 0 Å². The summed E-state index contributed by atoms with van der Waals surface area (Å²) >= 11 is 0. The van der Waals surface area contributed by atoms with E-state index in [1.165, 1.54) is 5.56 Å². The van der Waals surface area contributed by atoms with Crippen LogP contribution in [-0.2, 0) is 11.2 Å². The molecule has 0 atom stereocenters. The predicted octanol–water partition coefficient (Wildman–Crippen LogP) is 3.83. The molecule has 1 aromatic heterocycles. The van der Waals surface area contributed by atoms with Gasteiger partial charge in [0.2, 0.25) is 5.88 Å². The first-order valence-electron chi connectivity index (χ1n) is 8.32. The molecule has 0 fully saturated rings. The number of nitrogens with zero attached hydrogens (tertiary/aromatic N) is 2. The third kappa shape index (κ3) is 3.94. The first-order chi connectivity index (χ1) is 12.1. The maximum atomic E-state index is 12.2. The van der Waals surface area contributed by atoms with Crippen molar-refractivity contribution in [2.24, 2.45) is 0 Å². The second-order valence-corrected chi connectivity index (χ2v) is 5.95. The number of para-hydroxylation sites is 1. The number of ether oxygens (including phenoxy) is 1. The van der Waals surface area contributed by atoms with Crippen LogP contribution < -0.4 is 10.1 Å². The van der Waals surface area contributed by atoms with Crippen molar-refractivity contribution in [3.8, 4) is 5.88 Å². The fourth-order valence-electron chi connectivity index (χ4n) is 2.51. The van der Waals surface area contributed by atoms with Crippen LogP contribution in [0, 0.1) is 13.8 Å². The molecule has 1 heterocycles. The fourth-order valence-corrected chi connectivity index (χ4v) is 2.51. The third-order valence-electron chi connectivity index (χ3n) is 4.06. The van der Waals surface area contributed by atoms with Gasteiger partial charge >= 0.3 is 0 Å². The van der Waals surface area contributed by atoms with E-state index in [2.05, 4.69) is 15.3 Å². The molecule has 25 heavy (non-hydrogen) atoms. The molecule has 0 bridgehead atoms. The van der Waals surface area contributed by atoms with Crippen molar-refractivity contribution in [1.82, 2.24) is 9.97 Å². The summed E-state index contributed by atoms with van der Waals surface area (Å²) in [4.78, 5) is 21.1. The summed E-state index contributed by atoms with van der Waals surface area (Å²) in [5, 5.41) is 3.65. The highest BCUT2D eigenvalue weighted by Crippen LogP contribution is 2.22. The maximum Gasteiger partial charge on any atom is 0.262 e. The van der Waals surface area contributed by atoms with Gasteiger partial charge in [0.15, 0.2) is 6.61 Å². The second-order valence-electron chi connectivity index (χ2n) is 5.95. The Hall–Kier alpha value is -2.95. The van der Waals surface area contributed by atoms with Gasteiger partial charge in [-0.3, -0.25) is 4.79 Å². The molecular weight excluding hydrogens is 314 g/mol. The van der Waals surface area contributed by atoms with Crippen LogP contribution >= 0.6 is 0 Å². The molecule has 1 amide bonds. The van der Waals surface area contributed by atoms with E-state index < -0.39 is 0 Å². The van der Waals surface area contributed by atoms with Crippen molar-refractivity contribution in [2.75, 3.05) is 11.9 Å². The van der Waals surface area contributed by atoms with Crippen LogP contribution in [0.15, 0.2) is 42.5 Å². The van der Waals surface area contributed by atoms with Gasteiger partial charge < -0.3 is 10.1 Å². The quantitative estimate of drug-likeness (QED) is 0.770. The normalized spacial score (nSPS) is 10.7. The average molecular weight is 335 g/mol. The number of carbonyl (C=O) groups excluding carboxylic acids is 1. The standard InChI is InChI=1S/C20H21N3O2/c1-4-18-22-17-8-6-5-7-16(17)20(23-18)25-12-19(24)21-15-10-9-13(2)14(3)11-15/h5-11H,4,12H2,1-3H3,(H,21,24). The molecule has 0 saturated carbocycles. The Kier molecular flexibility index (Phi) is 4.93. The number of anilines is 1. The number of hydrogen-bond donors (Lipinski definition) is 1. The zero-order valence-corrected chi connectivity index (χ0v) is 14.7. The first kappa shape index (κ1) is 16.9. The van der Waals surface area contributed by atoms with E-state index in [1.807, 2.05) is 63.2 Å². The number of aromatic nitrogens is 2. The minimum Gasteiger partial charge on any atom is -0.467 e. The Morgan fingerprint density at radius 1 is 1.08 bits per heavy atom. The number of rotatable bonds is 5. The minimum absolute atomic E-state index is 0.100. The monoisotopic (exact) mass is 335 g/mol. The van der Waals surface area contributed by atoms with Gasteiger partial charge in [-0.15, -0.1) is 0 Å². The van der Waals surface area contributed by atoms with Gasteiger partial charge in [0.05, 0.1) is 10.9 Å². The van der Waals surface area contributed by atoms with Gasteiger partial charge in [-0.25, -0.2) is 4.98 Å². The van der Waals surface area contributed by atoms with Crippen LogP contribution in [0.25, 0.3) is 10.9 Å². The fraction of sp³-hybridized carbons (Fsp3) is 0.250. The Bertz CT molecular complexity index is 922. The molecule has 0 unspecified atom stereocenters. The van der Waals surface area contributed by atoms with Crippen LogP contribution in [-0.4, -0.2) is 22.5 Å². The number of carbonyl (C=O) groups is 1. The van der Waals surface area contributed by atoms with Crippen LogP contribution in [0.5, 0.6) is 5.88 Å².